The molecule has 3 aliphatic rings. The number of piperidine rings is 1. The van der Waals surface area contributed by atoms with Crippen LogP contribution < -0.4 is 10.6 Å². The minimum absolute atomic E-state index is 0. The lowest BCUT2D eigenvalue weighted by molar-refractivity contribution is -0.129. The van der Waals surface area contributed by atoms with Gasteiger partial charge in [-0.1, -0.05) is 13.8 Å². The Kier molecular flexibility index (Phi) is 9.83. The molecule has 2 amide bonds. The smallest absolute Gasteiger partial charge is 0.225 e. The summed E-state index contributed by atoms with van der Waals surface area (Å²) in [7, 11) is 0. The Bertz CT molecular complexity index is 500. The van der Waals surface area contributed by atoms with Gasteiger partial charge in [0.1, 0.15) is 0 Å². The van der Waals surface area contributed by atoms with E-state index in [4.69, 9.17) is 0 Å². The molecule has 158 valence electrons. The molecule has 6 nitrogen and oxygen atoms in total. The van der Waals surface area contributed by atoms with E-state index in [1.54, 1.807) is 0 Å². The van der Waals surface area contributed by atoms with E-state index in [0.29, 0.717) is 19.0 Å². The fourth-order valence-corrected chi connectivity index (χ4v) is 4.55. The molecule has 2 atom stereocenters. The Balaban J connectivity index is 0.00000182. The number of amides is 2. The molecule has 2 N–H and O–H groups in total. The van der Waals surface area contributed by atoms with Gasteiger partial charge in [-0.3, -0.25) is 14.5 Å². The van der Waals surface area contributed by atoms with Crippen LogP contribution in [0.25, 0.3) is 0 Å². The lowest BCUT2D eigenvalue weighted by atomic mass is 9.81. The van der Waals surface area contributed by atoms with E-state index in [9.17, 15) is 9.59 Å². The molecule has 3 saturated heterocycles. The number of carbonyl (C=O) groups is 2. The van der Waals surface area contributed by atoms with Gasteiger partial charge < -0.3 is 15.5 Å². The van der Waals surface area contributed by atoms with E-state index in [1.165, 1.54) is 12.8 Å². The van der Waals surface area contributed by atoms with Gasteiger partial charge in [-0.25, -0.2) is 0 Å². The number of rotatable bonds is 6. The molecule has 3 heterocycles. The van der Waals surface area contributed by atoms with Gasteiger partial charge in [0, 0.05) is 32.1 Å². The summed E-state index contributed by atoms with van der Waals surface area (Å²) in [6.45, 7) is 10.8. The van der Waals surface area contributed by atoms with Crippen molar-refractivity contribution in [1.82, 2.24) is 20.4 Å². The largest absolute Gasteiger partial charge is 0.355 e. The standard InChI is InChI=1S/C19H34N4O2.2ClH/c1-3-22-10-4-5-16(22)13-23-12-15(11-17(23)24)18(25)21-14-19(2)6-8-20-9-7-19;;/h15-16,20H,3-14H2,1-2H3,(H,21,25);2*1H. The molecule has 2 unspecified atom stereocenters. The fraction of sp³-hybridized carbons (Fsp3) is 0.895. The highest BCUT2D eigenvalue weighted by atomic mass is 35.5. The number of halogens is 2. The van der Waals surface area contributed by atoms with Crippen molar-refractivity contribution < 1.29 is 9.59 Å². The number of likely N-dealkylation sites (tertiary alicyclic amines) is 2. The molecule has 3 fully saturated rings. The van der Waals surface area contributed by atoms with E-state index in [-0.39, 0.29) is 48.0 Å². The number of likely N-dealkylation sites (N-methyl/N-ethyl adjacent to an activating group) is 1. The zero-order valence-corrected chi connectivity index (χ0v) is 18.3. The number of hydrogen-bond donors (Lipinski definition) is 2. The molecule has 0 aromatic rings. The number of hydrogen-bond acceptors (Lipinski definition) is 4. The average molecular weight is 423 g/mol. The van der Waals surface area contributed by atoms with E-state index in [0.717, 1.165) is 52.1 Å². The van der Waals surface area contributed by atoms with Gasteiger partial charge in [0.25, 0.3) is 0 Å². The summed E-state index contributed by atoms with van der Waals surface area (Å²) < 4.78 is 0. The second-order valence-electron chi connectivity index (χ2n) is 8.40. The molecule has 27 heavy (non-hydrogen) atoms. The summed E-state index contributed by atoms with van der Waals surface area (Å²) in [4.78, 5) is 29.3. The monoisotopic (exact) mass is 422 g/mol. The molecule has 0 spiro atoms. The van der Waals surface area contributed by atoms with Crippen LogP contribution in [-0.2, 0) is 9.59 Å². The molecule has 0 bridgehead atoms. The quantitative estimate of drug-likeness (QED) is 0.682. The first kappa shape index (κ1) is 24.5. The molecule has 0 aromatic carbocycles. The highest BCUT2D eigenvalue weighted by Crippen LogP contribution is 2.27. The Morgan fingerprint density at radius 1 is 1.30 bits per heavy atom. The van der Waals surface area contributed by atoms with Crippen LogP contribution in [0, 0.1) is 11.3 Å². The van der Waals surface area contributed by atoms with E-state index in [1.807, 2.05) is 4.90 Å². The zero-order chi connectivity index (χ0) is 17.9. The van der Waals surface area contributed by atoms with Gasteiger partial charge >= 0.3 is 0 Å². The Morgan fingerprint density at radius 3 is 2.67 bits per heavy atom. The molecule has 0 aromatic heterocycles. The molecule has 0 radical (unpaired) electrons. The molecule has 8 heteroatoms. The first-order chi connectivity index (χ1) is 12.0. The third-order valence-corrected chi connectivity index (χ3v) is 6.42. The van der Waals surface area contributed by atoms with Crippen molar-refractivity contribution >= 4 is 36.6 Å². The Morgan fingerprint density at radius 2 is 2.00 bits per heavy atom. The van der Waals surface area contributed by atoms with E-state index < -0.39 is 0 Å². The highest BCUT2D eigenvalue weighted by molar-refractivity contribution is 5.89. The SMILES string of the molecule is CCN1CCCC1CN1CC(C(=O)NCC2(C)CCNCC2)CC1=O.Cl.Cl. The van der Waals surface area contributed by atoms with Gasteiger partial charge in [-0.15, -0.1) is 24.8 Å². The molecule has 0 saturated carbocycles. The van der Waals surface area contributed by atoms with Crippen LogP contribution in [0.4, 0.5) is 0 Å². The van der Waals surface area contributed by atoms with Crippen molar-refractivity contribution in [3.63, 3.8) is 0 Å². The van der Waals surface area contributed by atoms with Crippen LogP contribution in [0.3, 0.4) is 0 Å². The number of nitrogens with zero attached hydrogens (tertiary/aromatic N) is 2. The second-order valence-corrected chi connectivity index (χ2v) is 8.40. The van der Waals surface area contributed by atoms with Crippen LogP contribution in [0.15, 0.2) is 0 Å². The predicted molar refractivity (Wildman–Crippen MR) is 113 cm³/mol. The topological polar surface area (TPSA) is 64.7 Å². The summed E-state index contributed by atoms with van der Waals surface area (Å²) in [5.41, 5.74) is 0.189. The second kappa shape index (κ2) is 10.8. The molecular weight excluding hydrogens is 387 g/mol. The number of carbonyl (C=O) groups excluding carboxylic acids is 2. The molecule has 3 aliphatic heterocycles. The third-order valence-electron chi connectivity index (χ3n) is 6.42. The summed E-state index contributed by atoms with van der Waals surface area (Å²) in [6.07, 6.45) is 4.96. The molecular formula is C19H36Cl2N4O2. The average Bonchev–Trinajstić information content (AvgIpc) is 3.20. The summed E-state index contributed by atoms with van der Waals surface area (Å²) >= 11 is 0. The molecule has 0 aliphatic carbocycles. The first-order valence-electron chi connectivity index (χ1n) is 10.0. The van der Waals surface area contributed by atoms with Crippen molar-refractivity contribution in [2.75, 3.05) is 45.8 Å². The lowest BCUT2D eigenvalue weighted by Gasteiger charge is -2.34. The summed E-state index contributed by atoms with van der Waals surface area (Å²) in [5.74, 6) is 0.0415. The minimum Gasteiger partial charge on any atom is -0.355 e. The van der Waals surface area contributed by atoms with Crippen molar-refractivity contribution in [2.24, 2.45) is 11.3 Å². The van der Waals surface area contributed by atoms with Crippen LogP contribution in [0.2, 0.25) is 0 Å². The van der Waals surface area contributed by atoms with Crippen LogP contribution >= 0.6 is 24.8 Å². The van der Waals surface area contributed by atoms with Crippen molar-refractivity contribution in [3.05, 3.63) is 0 Å². The van der Waals surface area contributed by atoms with Gasteiger partial charge in [-0.05, 0) is 57.3 Å². The predicted octanol–water partition coefficient (Wildman–Crippen LogP) is 1.67. The van der Waals surface area contributed by atoms with Gasteiger partial charge in [0.05, 0.1) is 5.92 Å². The van der Waals surface area contributed by atoms with Crippen molar-refractivity contribution in [2.45, 2.75) is 52.0 Å². The van der Waals surface area contributed by atoms with Crippen LogP contribution in [0.1, 0.15) is 46.0 Å². The van der Waals surface area contributed by atoms with E-state index >= 15 is 0 Å². The first-order valence-corrected chi connectivity index (χ1v) is 10.0. The maximum absolute atomic E-state index is 12.6. The zero-order valence-electron chi connectivity index (χ0n) is 16.7. The highest BCUT2D eigenvalue weighted by Gasteiger charge is 2.37. The summed E-state index contributed by atoms with van der Waals surface area (Å²) in [6, 6.07) is 0.476. The van der Waals surface area contributed by atoms with Gasteiger partial charge in [0.2, 0.25) is 11.8 Å². The number of nitrogens with one attached hydrogen (secondary N) is 2. The van der Waals surface area contributed by atoms with Gasteiger partial charge in [0.15, 0.2) is 0 Å². The van der Waals surface area contributed by atoms with Gasteiger partial charge in [-0.2, -0.15) is 0 Å². The van der Waals surface area contributed by atoms with Crippen LogP contribution in [0.5, 0.6) is 0 Å². The Labute approximate surface area is 176 Å². The van der Waals surface area contributed by atoms with E-state index in [2.05, 4.69) is 29.4 Å². The third kappa shape index (κ3) is 6.21. The lowest BCUT2D eigenvalue weighted by Crippen LogP contribution is -2.45. The fourth-order valence-electron chi connectivity index (χ4n) is 4.55. The Hall–Kier alpha value is -0.560. The normalized spacial score (nSPS) is 27.8. The minimum atomic E-state index is -0.172. The maximum Gasteiger partial charge on any atom is 0.225 e. The van der Waals surface area contributed by atoms with Crippen molar-refractivity contribution in [3.8, 4) is 0 Å². The van der Waals surface area contributed by atoms with Crippen LogP contribution in [-0.4, -0.2) is 73.5 Å². The van der Waals surface area contributed by atoms with Crippen molar-refractivity contribution in [1.29, 1.82) is 0 Å². The maximum atomic E-state index is 12.6. The molecule has 3 rings (SSSR count). The summed E-state index contributed by atoms with van der Waals surface area (Å²) in [5, 5.41) is 6.50.